The lowest BCUT2D eigenvalue weighted by atomic mass is 10.1. The molecule has 106 valence electrons. The van der Waals surface area contributed by atoms with Gasteiger partial charge in [-0.05, 0) is 31.5 Å². The molecule has 1 aromatic rings. The van der Waals surface area contributed by atoms with Crippen LogP contribution in [-0.2, 0) is 4.79 Å². The van der Waals surface area contributed by atoms with Gasteiger partial charge in [0.05, 0.1) is 18.3 Å². The molecule has 1 atom stereocenters. The number of carbonyl (C=O) groups is 1. The SMILES string of the molecule is CCN(CC(=O)N(C)C)c1ccc([C@H](C)O)cc1F. The fourth-order valence-corrected chi connectivity index (χ4v) is 1.71. The third kappa shape index (κ3) is 3.92. The van der Waals surface area contributed by atoms with Gasteiger partial charge < -0.3 is 14.9 Å². The quantitative estimate of drug-likeness (QED) is 0.885. The Morgan fingerprint density at radius 2 is 2.05 bits per heavy atom. The topological polar surface area (TPSA) is 43.8 Å². The molecule has 0 fully saturated rings. The number of hydrogen-bond acceptors (Lipinski definition) is 3. The van der Waals surface area contributed by atoms with E-state index in [0.717, 1.165) is 0 Å². The molecule has 5 heteroatoms. The van der Waals surface area contributed by atoms with E-state index in [2.05, 4.69) is 0 Å². The molecule has 0 bridgehead atoms. The van der Waals surface area contributed by atoms with Gasteiger partial charge in [0, 0.05) is 20.6 Å². The molecule has 0 saturated heterocycles. The number of rotatable bonds is 5. The van der Waals surface area contributed by atoms with Crippen LogP contribution in [0.3, 0.4) is 0 Å². The van der Waals surface area contributed by atoms with Gasteiger partial charge in [-0.15, -0.1) is 0 Å². The first kappa shape index (κ1) is 15.4. The van der Waals surface area contributed by atoms with Crippen LogP contribution < -0.4 is 4.90 Å². The number of anilines is 1. The number of nitrogens with zero attached hydrogens (tertiary/aromatic N) is 2. The van der Waals surface area contributed by atoms with Crippen molar-refractivity contribution in [2.24, 2.45) is 0 Å². The van der Waals surface area contributed by atoms with Crippen LogP contribution in [0.25, 0.3) is 0 Å². The molecule has 1 aromatic carbocycles. The molecular weight excluding hydrogens is 247 g/mol. The number of halogens is 1. The fourth-order valence-electron chi connectivity index (χ4n) is 1.71. The number of carbonyl (C=O) groups excluding carboxylic acids is 1. The Morgan fingerprint density at radius 3 is 2.47 bits per heavy atom. The van der Waals surface area contributed by atoms with Gasteiger partial charge in [-0.25, -0.2) is 4.39 Å². The van der Waals surface area contributed by atoms with Gasteiger partial charge in [0.25, 0.3) is 0 Å². The molecule has 0 aliphatic carbocycles. The van der Waals surface area contributed by atoms with Gasteiger partial charge in [-0.1, -0.05) is 6.07 Å². The van der Waals surface area contributed by atoms with E-state index in [1.54, 1.807) is 38.1 Å². The highest BCUT2D eigenvalue weighted by molar-refractivity contribution is 5.81. The van der Waals surface area contributed by atoms with Crippen molar-refractivity contribution in [1.29, 1.82) is 0 Å². The van der Waals surface area contributed by atoms with Crippen molar-refractivity contribution in [1.82, 2.24) is 4.90 Å². The minimum atomic E-state index is -0.706. The molecule has 0 aliphatic heterocycles. The lowest BCUT2D eigenvalue weighted by Gasteiger charge is -2.25. The molecule has 0 radical (unpaired) electrons. The summed E-state index contributed by atoms with van der Waals surface area (Å²) in [5.74, 6) is -0.507. The summed E-state index contributed by atoms with van der Waals surface area (Å²) in [6.45, 7) is 4.12. The Labute approximate surface area is 113 Å². The van der Waals surface area contributed by atoms with Crippen LogP contribution in [0.4, 0.5) is 10.1 Å². The maximum Gasteiger partial charge on any atom is 0.241 e. The van der Waals surface area contributed by atoms with Crippen LogP contribution in [0.1, 0.15) is 25.5 Å². The van der Waals surface area contributed by atoms with Gasteiger partial charge in [-0.2, -0.15) is 0 Å². The summed E-state index contributed by atoms with van der Waals surface area (Å²) in [5, 5.41) is 9.41. The predicted molar refractivity (Wildman–Crippen MR) is 73.6 cm³/mol. The van der Waals surface area contributed by atoms with Gasteiger partial charge >= 0.3 is 0 Å². The van der Waals surface area contributed by atoms with E-state index < -0.39 is 11.9 Å². The van der Waals surface area contributed by atoms with E-state index in [0.29, 0.717) is 17.8 Å². The summed E-state index contributed by atoms with van der Waals surface area (Å²) in [7, 11) is 3.34. The first-order valence-electron chi connectivity index (χ1n) is 6.29. The van der Waals surface area contributed by atoms with E-state index >= 15 is 0 Å². The van der Waals surface area contributed by atoms with Crippen molar-refractivity contribution in [3.8, 4) is 0 Å². The summed E-state index contributed by atoms with van der Waals surface area (Å²) in [4.78, 5) is 14.8. The Balaban J connectivity index is 2.96. The van der Waals surface area contributed by atoms with Crippen LogP contribution in [0.15, 0.2) is 18.2 Å². The molecule has 0 aliphatic rings. The summed E-state index contributed by atoms with van der Waals surface area (Å²) in [6.07, 6.45) is -0.706. The van der Waals surface area contributed by atoms with Gasteiger partial charge in [-0.3, -0.25) is 4.79 Å². The van der Waals surface area contributed by atoms with Crippen molar-refractivity contribution in [3.05, 3.63) is 29.6 Å². The highest BCUT2D eigenvalue weighted by atomic mass is 19.1. The molecule has 1 rings (SSSR count). The minimum Gasteiger partial charge on any atom is -0.389 e. The second-order valence-electron chi connectivity index (χ2n) is 4.69. The van der Waals surface area contributed by atoms with Crippen LogP contribution in [0.2, 0.25) is 0 Å². The molecule has 0 heterocycles. The van der Waals surface area contributed by atoms with E-state index in [1.807, 2.05) is 6.92 Å². The molecule has 19 heavy (non-hydrogen) atoms. The van der Waals surface area contributed by atoms with Crippen LogP contribution in [0, 0.1) is 5.82 Å². The molecule has 0 spiro atoms. The Morgan fingerprint density at radius 1 is 1.42 bits per heavy atom. The van der Waals surface area contributed by atoms with E-state index in [4.69, 9.17) is 0 Å². The van der Waals surface area contributed by atoms with Crippen LogP contribution in [-0.4, -0.2) is 43.1 Å². The van der Waals surface area contributed by atoms with Crippen LogP contribution in [0.5, 0.6) is 0 Å². The van der Waals surface area contributed by atoms with Crippen molar-refractivity contribution >= 4 is 11.6 Å². The average Bonchev–Trinajstić information content (AvgIpc) is 2.35. The van der Waals surface area contributed by atoms with Crippen molar-refractivity contribution < 1.29 is 14.3 Å². The lowest BCUT2D eigenvalue weighted by Crippen LogP contribution is -2.37. The number of amides is 1. The zero-order valence-electron chi connectivity index (χ0n) is 11.9. The standard InChI is InChI=1S/C14H21FN2O2/c1-5-17(9-14(19)16(3)4)13-7-6-11(10(2)18)8-12(13)15/h6-8,10,18H,5,9H2,1-4H3/t10-/m0/s1. The van der Waals surface area contributed by atoms with Crippen molar-refractivity contribution in [3.63, 3.8) is 0 Å². The van der Waals surface area contributed by atoms with E-state index in [9.17, 15) is 14.3 Å². The fraction of sp³-hybridized carbons (Fsp3) is 0.500. The third-order valence-electron chi connectivity index (χ3n) is 3.00. The summed E-state index contributed by atoms with van der Waals surface area (Å²) in [5.41, 5.74) is 0.901. The third-order valence-corrected chi connectivity index (χ3v) is 3.00. The van der Waals surface area contributed by atoms with Crippen molar-refractivity contribution in [2.75, 3.05) is 32.1 Å². The minimum absolute atomic E-state index is 0.0825. The van der Waals surface area contributed by atoms with Crippen molar-refractivity contribution in [2.45, 2.75) is 20.0 Å². The summed E-state index contributed by atoms with van der Waals surface area (Å²) in [6, 6.07) is 4.58. The molecule has 4 nitrogen and oxygen atoms in total. The number of benzene rings is 1. The smallest absolute Gasteiger partial charge is 0.241 e. The summed E-state index contributed by atoms with van der Waals surface area (Å²) < 4.78 is 14.0. The Kier molecular flexibility index (Phi) is 5.30. The molecule has 1 amide bonds. The highest BCUT2D eigenvalue weighted by Crippen LogP contribution is 2.23. The average molecular weight is 268 g/mol. The van der Waals surface area contributed by atoms with Gasteiger partial charge in [0.1, 0.15) is 5.82 Å². The zero-order valence-corrected chi connectivity index (χ0v) is 11.9. The largest absolute Gasteiger partial charge is 0.389 e. The first-order chi connectivity index (χ1) is 8.86. The Hall–Kier alpha value is -1.62. The molecule has 1 N–H and O–H groups in total. The second kappa shape index (κ2) is 6.52. The number of aliphatic hydroxyl groups is 1. The first-order valence-corrected chi connectivity index (χ1v) is 6.29. The van der Waals surface area contributed by atoms with Crippen LogP contribution >= 0.6 is 0 Å². The monoisotopic (exact) mass is 268 g/mol. The molecular formula is C14H21FN2O2. The van der Waals surface area contributed by atoms with E-state index in [1.165, 1.54) is 11.0 Å². The summed E-state index contributed by atoms with van der Waals surface area (Å²) >= 11 is 0. The normalized spacial score (nSPS) is 12.1. The molecule has 0 aromatic heterocycles. The highest BCUT2D eigenvalue weighted by Gasteiger charge is 2.16. The lowest BCUT2D eigenvalue weighted by molar-refractivity contribution is -0.127. The Bertz CT molecular complexity index is 447. The number of hydrogen-bond donors (Lipinski definition) is 1. The molecule has 0 unspecified atom stereocenters. The maximum absolute atomic E-state index is 14.0. The van der Waals surface area contributed by atoms with Gasteiger partial charge in [0.15, 0.2) is 0 Å². The number of likely N-dealkylation sites (N-methyl/N-ethyl adjacent to an activating group) is 2. The maximum atomic E-state index is 14.0. The number of aliphatic hydroxyl groups excluding tert-OH is 1. The molecule has 0 saturated carbocycles. The zero-order chi connectivity index (χ0) is 14.6. The van der Waals surface area contributed by atoms with E-state index in [-0.39, 0.29) is 12.5 Å². The predicted octanol–water partition coefficient (Wildman–Crippen LogP) is 1.79. The van der Waals surface area contributed by atoms with Gasteiger partial charge in [0.2, 0.25) is 5.91 Å². The second-order valence-corrected chi connectivity index (χ2v) is 4.69.